The Balaban J connectivity index is 1.35. The normalized spacial score (nSPS) is 18.8. The van der Waals surface area contributed by atoms with E-state index in [9.17, 15) is 9.90 Å². The van der Waals surface area contributed by atoms with E-state index in [0.717, 1.165) is 5.56 Å². The molecule has 3 aromatic rings. The van der Waals surface area contributed by atoms with Crippen molar-refractivity contribution >= 4 is 17.5 Å². The van der Waals surface area contributed by atoms with Crippen molar-refractivity contribution in [3.63, 3.8) is 0 Å². The minimum Gasteiger partial charge on any atom is -0.497 e. The number of tetrazole rings is 1. The Kier molecular flexibility index (Phi) is 6.87. The zero-order valence-corrected chi connectivity index (χ0v) is 18.4. The molecule has 168 valence electrons. The van der Waals surface area contributed by atoms with Gasteiger partial charge in [-0.3, -0.25) is 4.79 Å². The van der Waals surface area contributed by atoms with Gasteiger partial charge in [-0.2, -0.15) is 4.80 Å². The second-order valence-electron chi connectivity index (χ2n) is 7.51. The van der Waals surface area contributed by atoms with Crippen molar-refractivity contribution in [2.45, 2.75) is 31.6 Å². The number of hydrogen-bond acceptors (Lipinski definition) is 7. The van der Waals surface area contributed by atoms with Crippen LogP contribution < -0.4 is 9.47 Å². The summed E-state index contributed by atoms with van der Waals surface area (Å²) in [7, 11) is 1.59. The van der Waals surface area contributed by atoms with E-state index in [-0.39, 0.29) is 12.5 Å². The summed E-state index contributed by atoms with van der Waals surface area (Å²) < 4.78 is 11.2. The number of aliphatic hydroxyl groups excluding tert-OH is 1. The molecule has 0 aliphatic carbocycles. The van der Waals surface area contributed by atoms with Crippen molar-refractivity contribution in [2.24, 2.45) is 0 Å². The topological polar surface area (TPSA) is 103 Å². The third-order valence-corrected chi connectivity index (χ3v) is 5.57. The van der Waals surface area contributed by atoms with Gasteiger partial charge in [0.25, 0.3) is 0 Å². The van der Waals surface area contributed by atoms with Crippen LogP contribution in [0.3, 0.4) is 0 Å². The zero-order valence-electron chi connectivity index (χ0n) is 17.6. The molecule has 1 aliphatic heterocycles. The van der Waals surface area contributed by atoms with Gasteiger partial charge in [0.1, 0.15) is 24.1 Å². The highest BCUT2D eigenvalue weighted by Crippen LogP contribution is 2.24. The SMILES string of the molecule is COc1cccc(O[C@H]2CCN(C(=O)Cn3nnc(-c4ccc(Cl)cc4)n3)CC[C@@H]2O)c1. The molecule has 2 heterocycles. The summed E-state index contributed by atoms with van der Waals surface area (Å²) in [5, 5.41) is 23.4. The number of nitrogens with zero attached hydrogens (tertiary/aromatic N) is 5. The fourth-order valence-electron chi connectivity index (χ4n) is 3.54. The molecule has 0 unspecified atom stereocenters. The minimum atomic E-state index is -0.681. The summed E-state index contributed by atoms with van der Waals surface area (Å²) in [4.78, 5) is 15.8. The minimum absolute atomic E-state index is 0.0297. The number of benzene rings is 2. The summed E-state index contributed by atoms with van der Waals surface area (Å²) in [5.41, 5.74) is 0.767. The highest BCUT2D eigenvalue weighted by molar-refractivity contribution is 6.30. The van der Waals surface area contributed by atoms with Crippen LogP contribution in [0.4, 0.5) is 0 Å². The predicted molar refractivity (Wildman–Crippen MR) is 117 cm³/mol. The predicted octanol–water partition coefficient (Wildman–Crippen LogP) is 2.43. The molecule has 1 aromatic heterocycles. The third kappa shape index (κ3) is 5.35. The Labute approximate surface area is 190 Å². The Bertz CT molecular complexity index is 1060. The van der Waals surface area contributed by atoms with Crippen LogP contribution in [0.1, 0.15) is 12.8 Å². The van der Waals surface area contributed by atoms with Gasteiger partial charge < -0.3 is 19.5 Å². The lowest BCUT2D eigenvalue weighted by Crippen LogP contribution is -2.35. The molecule has 0 saturated carbocycles. The fraction of sp³-hybridized carbons (Fsp3) is 0.364. The Hall–Kier alpha value is -3.17. The number of amides is 1. The van der Waals surface area contributed by atoms with Crippen LogP contribution in [0, 0.1) is 0 Å². The molecule has 1 saturated heterocycles. The quantitative estimate of drug-likeness (QED) is 0.606. The van der Waals surface area contributed by atoms with E-state index >= 15 is 0 Å². The number of methoxy groups -OCH3 is 1. The van der Waals surface area contributed by atoms with Gasteiger partial charge in [-0.25, -0.2) is 0 Å². The molecule has 0 spiro atoms. The molecular weight excluding hydrogens is 434 g/mol. The lowest BCUT2D eigenvalue weighted by molar-refractivity contribution is -0.132. The fourth-order valence-corrected chi connectivity index (χ4v) is 3.67. The Morgan fingerprint density at radius 2 is 1.91 bits per heavy atom. The Morgan fingerprint density at radius 1 is 1.16 bits per heavy atom. The maximum atomic E-state index is 12.8. The van der Waals surface area contributed by atoms with Crippen molar-refractivity contribution in [1.82, 2.24) is 25.1 Å². The monoisotopic (exact) mass is 457 g/mol. The highest BCUT2D eigenvalue weighted by atomic mass is 35.5. The first-order chi connectivity index (χ1) is 15.5. The number of aliphatic hydroxyl groups is 1. The first kappa shape index (κ1) is 22.0. The number of ether oxygens (including phenoxy) is 2. The van der Waals surface area contributed by atoms with Gasteiger partial charge in [0.2, 0.25) is 11.7 Å². The molecule has 0 radical (unpaired) electrons. The van der Waals surface area contributed by atoms with E-state index in [1.165, 1.54) is 4.80 Å². The first-order valence-corrected chi connectivity index (χ1v) is 10.7. The van der Waals surface area contributed by atoms with Crippen LogP contribution in [0.5, 0.6) is 11.5 Å². The van der Waals surface area contributed by atoms with Crippen molar-refractivity contribution < 1.29 is 19.4 Å². The zero-order chi connectivity index (χ0) is 22.5. The van der Waals surface area contributed by atoms with E-state index in [0.29, 0.717) is 48.3 Å². The van der Waals surface area contributed by atoms with Gasteiger partial charge in [0.05, 0.1) is 13.2 Å². The molecule has 2 aromatic carbocycles. The molecule has 1 amide bonds. The number of likely N-dealkylation sites (tertiary alicyclic amines) is 1. The second-order valence-corrected chi connectivity index (χ2v) is 7.95. The molecule has 1 aliphatic rings. The molecule has 2 atom stereocenters. The van der Waals surface area contributed by atoms with Crippen molar-refractivity contribution in [3.8, 4) is 22.9 Å². The number of aromatic nitrogens is 4. The lowest BCUT2D eigenvalue weighted by atomic mass is 10.1. The lowest BCUT2D eigenvalue weighted by Gasteiger charge is -2.22. The van der Waals surface area contributed by atoms with Crippen LogP contribution in [0.25, 0.3) is 11.4 Å². The molecule has 9 nitrogen and oxygen atoms in total. The summed E-state index contributed by atoms with van der Waals surface area (Å²) >= 11 is 5.91. The maximum absolute atomic E-state index is 12.8. The first-order valence-electron chi connectivity index (χ1n) is 10.3. The summed E-state index contributed by atoms with van der Waals surface area (Å²) in [5.74, 6) is 1.59. The van der Waals surface area contributed by atoms with Gasteiger partial charge in [0.15, 0.2) is 0 Å². The van der Waals surface area contributed by atoms with Gasteiger partial charge in [-0.05, 0) is 48.0 Å². The van der Waals surface area contributed by atoms with Crippen molar-refractivity contribution in [2.75, 3.05) is 20.2 Å². The summed E-state index contributed by atoms with van der Waals surface area (Å²) in [6.07, 6.45) is -0.174. The van der Waals surface area contributed by atoms with Crippen LogP contribution in [0.2, 0.25) is 5.02 Å². The molecule has 1 N–H and O–H groups in total. The molecular formula is C22H24ClN5O4. The molecule has 4 rings (SSSR count). The van der Waals surface area contributed by atoms with Gasteiger partial charge in [-0.15, -0.1) is 10.2 Å². The van der Waals surface area contributed by atoms with E-state index in [1.807, 2.05) is 18.2 Å². The van der Waals surface area contributed by atoms with E-state index < -0.39 is 12.2 Å². The van der Waals surface area contributed by atoms with Crippen molar-refractivity contribution in [1.29, 1.82) is 0 Å². The average molecular weight is 458 g/mol. The standard InChI is InChI=1S/C22H24ClN5O4/c1-31-17-3-2-4-18(13-17)32-20-10-12-27(11-9-19(20)29)21(30)14-28-25-22(24-26-28)15-5-7-16(23)8-6-15/h2-8,13,19-20,29H,9-12,14H2,1H3/t19-,20-/m0/s1. The van der Waals surface area contributed by atoms with Gasteiger partial charge >= 0.3 is 0 Å². The summed E-state index contributed by atoms with van der Waals surface area (Å²) in [6, 6.07) is 14.3. The smallest absolute Gasteiger partial charge is 0.246 e. The summed E-state index contributed by atoms with van der Waals surface area (Å²) in [6.45, 7) is 0.859. The van der Waals surface area contributed by atoms with Crippen LogP contribution in [-0.2, 0) is 11.3 Å². The largest absolute Gasteiger partial charge is 0.497 e. The molecule has 10 heteroatoms. The number of halogens is 1. The van der Waals surface area contributed by atoms with Crippen LogP contribution in [0.15, 0.2) is 48.5 Å². The average Bonchev–Trinajstić information content (AvgIpc) is 3.18. The number of carbonyl (C=O) groups excluding carboxylic acids is 1. The van der Waals surface area contributed by atoms with Crippen LogP contribution in [-0.4, -0.2) is 68.5 Å². The molecule has 32 heavy (non-hydrogen) atoms. The van der Waals surface area contributed by atoms with Gasteiger partial charge in [-0.1, -0.05) is 17.7 Å². The maximum Gasteiger partial charge on any atom is 0.246 e. The number of hydrogen-bond donors (Lipinski definition) is 1. The van der Waals surface area contributed by atoms with E-state index in [1.54, 1.807) is 42.3 Å². The Morgan fingerprint density at radius 3 is 2.69 bits per heavy atom. The molecule has 0 bridgehead atoms. The highest BCUT2D eigenvalue weighted by Gasteiger charge is 2.29. The van der Waals surface area contributed by atoms with E-state index in [4.69, 9.17) is 21.1 Å². The van der Waals surface area contributed by atoms with Crippen LogP contribution >= 0.6 is 11.6 Å². The van der Waals surface area contributed by atoms with E-state index in [2.05, 4.69) is 15.4 Å². The number of carbonyl (C=O) groups is 1. The molecule has 1 fully saturated rings. The number of rotatable bonds is 6. The second kappa shape index (κ2) is 9.97. The third-order valence-electron chi connectivity index (χ3n) is 5.32. The van der Waals surface area contributed by atoms with Crippen molar-refractivity contribution in [3.05, 3.63) is 53.6 Å². The van der Waals surface area contributed by atoms with Gasteiger partial charge in [0, 0.05) is 36.2 Å².